The Morgan fingerprint density at radius 2 is 1.95 bits per heavy atom. The molecule has 220 valence electrons. The van der Waals surface area contributed by atoms with Gasteiger partial charge in [0.15, 0.2) is 0 Å². The van der Waals surface area contributed by atoms with E-state index in [-0.39, 0.29) is 61.6 Å². The Kier molecular flexibility index (Phi) is 9.91. The summed E-state index contributed by atoms with van der Waals surface area (Å²) in [4.78, 5) is 68.5. The van der Waals surface area contributed by atoms with E-state index in [9.17, 15) is 24.0 Å². The number of anilines is 2. The van der Waals surface area contributed by atoms with Crippen LogP contribution in [0.1, 0.15) is 16.1 Å². The van der Waals surface area contributed by atoms with Crippen molar-refractivity contribution in [2.45, 2.75) is 12.5 Å². The smallest absolute Gasteiger partial charge is 0.414 e. The van der Waals surface area contributed by atoms with Crippen LogP contribution in [0.5, 0.6) is 0 Å². The second-order valence-corrected chi connectivity index (χ2v) is 11.1. The molecule has 0 unspecified atom stereocenters. The van der Waals surface area contributed by atoms with Gasteiger partial charge in [-0.15, -0.1) is 11.3 Å². The number of amides is 5. The van der Waals surface area contributed by atoms with Gasteiger partial charge < -0.3 is 24.6 Å². The van der Waals surface area contributed by atoms with Crippen LogP contribution in [0.2, 0.25) is 4.34 Å². The monoisotopic (exact) mass is 609 g/mol. The molecule has 0 aliphatic carbocycles. The molecule has 41 heavy (non-hydrogen) atoms. The first-order valence-corrected chi connectivity index (χ1v) is 13.9. The van der Waals surface area contributed by atoms with Crippen LogP contribution in [-0.4, -0.2) is 106 Å². The first kappa shape index (κ1) is 30.4. The summed E-state index contributed by atoms with van der Waals surface area (Å²) in [5.41, 5.74) is 0.250. The fraction of sp³-hybridized carbons (Fsp3) is 0.423. The molecule has 0 spiro atoms. The molecule has 2 aliphatic rings. The number of likely N-dealkylation sites (N-methyl/N-ethyl adjacent to an activating group) is 1. The zero-order valence-corrected chi connectivity index (χ0v) is 24.0. The maximum atomic E-state index is 15.1. The minimum atomic E-state index is -0.976. The van der Waals surface area contributed by atoms with Crippen molar-refractivity contribution < 1.29 is 37.8 Å². The number of carbonyl (C=O) groups excluding carboxylic acids is 5. The minimum absolute atomic E-state index is 0.0777. The van der Waals surface area contributed by atoms with E-state index < -0.39 is 29.8 Å². The first-order valence-electron chi connectivity index (χ1n) is 12.7. The SMILES string of the molecule is CNCCC(=O)N(C)CC(=O)N(C[C@H]1CN(c2ccc(N3CCOCC3=O)cc2F)C(=O)O1)C(=O)c1ccc(Cl)s1. The van der Waals surface area contributed by atoms with Crippen LogP contribution in [-0.2, 0) is 23.9 Å². The summed E-state index contributed by atoms with van der Waals surface area (Å²) in [6.45, 7) is 0.0571. The lowest BCUT2D eigenvalue weighted by Crippen LogP contribution is -2.47. The quantitative estimate of drug-likeness (QED) is 0.433. The number of thiophene rings is 1. The number of carbonyl (C=O) groups is 5. The molecule has 1 aromatic carbocycles. The minimum Gasteiger partial charge on any atom is -0.442 e. The summed E-state index contributed by atoms with van der Waals surface area (Å²) in [5.74, 6) is -2.70. The highest BCUT2D eigenvalue weighted by Gasteiger charge is 2.38. The zero-order valence-electron chi connectivity index (χ0n) is 22.4. The number of nitrogens with one attached hydrogen (secondary N) is 1. The van der Waals surface area contributed by atoms with Gasteiger partial charge in [-0.25, -0.2) is 9.18 Å². The van der Waals surface area contributed by atoms with Crippen molar-refractivity contribution in [3.05, 3.63) is 45.4 Å². The summed E-state index contributed by atoms with van der Waals surface area (Å²) >= 11 is 6.97. The number of ether oxygens (including phenoxy) is 2. The van der Waals surface area contributed by atoms with Gasteiger partial charge >= 0.3 is 6.09 Å². The number of imide groups is 1. The number of hydrogen-bond donors (Lipinski definition) is 1. The fourth-order valence-electron chi connectivity index (χ4n) is 4.35. The Hall–Kier alpha value is -3.59. The standard InChI is InChI=1S/C26H29ClFN5O7S/c1-29-8-7-22(34)30(2)14-23(35)33(25(37)20-5-6-21(27)41-20)13-17-12-32(26(38)40-17)19-4-3-16(11-18(19)28)31-9-10-39-15-24(31)36/h3-6,11,17,29H,7-10,12-15H2,1-2H3/t17-/m1/s1. The molecule has 0 radical (unpaired) electrons. The van der Waals surface area contributed by atoms with E-state index >= 15 is 4.39 Å². The van der Waals surface area contributed by atoms with Gasteiger partial charge in [0.25, 0.3) is 11.8 Å². The third kappa shape index (κ3) is 7.19. The maximum absolute atomic E-state index is 15.1. The summed E-state index contributed by atoms with van der Waals surface area (Å²) in [5, 5.41) is 2.86. The van der Waals surface area contributed by atoms with Gasteiger partial charge in [0.1, 0.15) is 18.5 Å². The average molecular weight is 610 g/mol. The molecule has 0 saturated carbocycles. The zero-order chi connectivity index (χ0) is 29.7. The van der Waals surface area contributed by atoms with Crippen molar-refractivity contribution in [3.8, 4) is 0 Å². The average Bonchev–Trinajstić information content (AvgIpc) is 3.54. The van der Waals surface area contributed by atoms with E-state index in [1.807, 2.05) is 0 Å². The van der Waals surface area contributed by atoms with E-state index in [0.29, 0.717) is 23.2 Å². The molecule has 4 rings (SSSR count). The predicted molar refractivity (Wildman–Crippen MR) is 149 cm³/mol. The summed E-state index contributed by atoms with van der Waals surface area (Å²) < 4.78 is 26.0. The van der Waals surface area contributed by atoms with E-state index in [4.69, 9.17) is 21.1 Å². The van der Waals surface area contributed by atoms with Crippen LogP contribution in [0.15, 0.2) is 30.3 Å². The summed E-state index contributed by atoms with van der Waals surface area (Å²) in [6, 6.07) is 7.03. The summed E-state index contributed by atoms with van der Waals surface area (Å²) in [7, 11) is 3.15. The molecule has 12 nitrogen and oxygen atoms in total. The second-order valence-electron chi connectivity index (χ2n) is 9.37. The highest BCUT2D eigenvalue weighted by Crippen LogP contribution is 2.30. The lowest BCUT2D eigenvalue weighted by Gasteiger charge is -2.27. The number of hydrogen-bond acceptors (Lipinski definition) is 9. The van der Waals surface area contributed by atoms with Gasteiger partial charge in [-0.05, 0) is 37.4 Å². The van der Waals surface area contributed by atoms with Crippen molar-refractivity contribution >= 4 is 64.0 Å². The number of morpholine rings is 1. The van der Waals surface area contributed by atoms with Gasteiger partial charge in [-0.2, -0.15) is 0 Å². The Morgan fingerprint density at radius 1 is 1.17 bits per heavy atom. The van der Waals surface area contributed by atoms with Gasteiger partial charge in [-0.3, -0.25) is 29.0 Å². The van der Waals surface area contributed by atoms with E-state index in [1.165, 1.54) is 41.1 Å². The lowest BCUT2D eigenvalue weighted by atomic mass is 10.2. The van der Waals surface area contributed by atoms with Crippen molar-refractivity contribution in [1.82, 2.24) is 15.1 Å². The van der Waals surface area contributed by atoms with Crippen LogP contribution in [0.25, 0.3) is 0 Å². The van der Waals surface area contributed by atoms with Gasteiger partial charge in [0.05, 0.1) is 41.1 Å². The number of benzene rings is 1. The Balaban J connectivity index is 1.49. The molecule has 1 atom stereocenters. The molecule has 3 heterocycles. The van der Waals surface area contributed by atoms with Crippen LogP contribution in [0.3, 0.4) is 0 Å². The normalized spacial score (nSPS) is 17.0. The number of cyclic esters (lactones) is 1. The molecule has 5 amide bonds. The molecule has 2 saturated heterocycles. The molecule has 2 aromatic rings. The molecule has 1 N–H and O–H groups in total. The molecule has 2 aliphatic heterocycles. The second kappa shape index (κ2) is 13.4. The Morgan fingerprint density at radius 3 is 2.61 bits per heavy atom. The third-order valence-corrected chi connectivity index (χ3v) is 7.72. The van der Waals surface area contributed by atoms with Crippen LogP contribution in [0, 0.1) is 5.82 Å². The van der Waals surface area contributed by atoms with Gasteiger partial charge in [0, 0.05) is 32.2 Å². The van der Waals surface area contributed by atoms with Crippen molar-refractivity contribution in [3.63, 3.8) is 0 Å². The molecular weight excluding hydrogens is 581 g/mol. The number of rotatable bonds is 10. The van der Waals surface area contributed by atoms with E-state index in [0.717, 1.165) is 27.2 Å². The molecule has 1 aromatic heterocycles. The molecular formula is C26H29ClFN5O7S. The van der Waals surface area contributed by atoms with E-state index in [2.05, 4.69) is 5.32 Å². The first-order chi connectivity index (χ1) is 19.6. The number of halogens is 2. The topological polar surface area (TPSA) is 129 Å². The van der Waals surface area contributed by atoms with Crippen molar-refractivity contribution in [2.24, 2.45) is 0 Å². The lowest BCUT2D eigenvalue weighted by molar-refractivity contribution is -0.138. The van der Waals surface area contributed by atoms with Crippen LogP contribution < -0.4 is 15.1 Å². The van der Waals surface area contributed by atoms with E-state index in [1.54, 1.807) is 7.05 Å². The fourth-order valence-corrected chi connectivity index (χ4v) is 5.34. The van der Waals surface area contributed by atoms with Crippen LogP contribution in [0.4, 0.5) is 20.6 Å². The highest BCUT2D eigenvalue weighted by molar-refractivity contribution is 7.18. The van der Waals surface area contributed by atoms with Crippen molar-refractivity contribution in [2.75, 3.05) is 69.8 Å². The molecule has 2 fully saturated rings. The molecule has 15 heteroatoms. The third-order valence-electron chi connectivity index (χ3n) is 6.50. The Bertz CT molecular complexity index is 1340. The van der Waals surface area contributed by atoms with Gasteiger partial charge in [0.2, 0.25) is 11.8 Å². The predicted octanol–water partition coefficient (Wildman–Crippen LogP) is 1.97. The largest absolute Gasteiger partial charge is 0.442 e. The van der Waals surface area contributed by atoms with Crippen molar-refractivity contribution in [1.29, 1.82) is 0 Å². The summed E-state index contributed by atoms with van der Waals surface area (Å²) in [6.07, 6.45) is -1.67. The number of nitrogens with zero attached hydrogens (tertiary/aromatic N) is 4. The molecule has 0 bridgehead atoms. The van der Waals surface area contributed by atoms with Crippen LogP contribution >= 0.6 is 22.9 Å². The highest BCUT2D eigenvalue weighted by atomic mass is 35.5. The van der Waals surface area contributed by atoms with Gasteiger partial charge in [-0.1, -0.05) is 11.6 Å². The maximum Gasteiger partial charge on any atom is 0.414 e. The Labute approximate surface area is 244 Å².